The van der Waals surface area contributed by atoms with Gasteiger partial charge in [-0.2, -0.15) is 0 Å². The Labute approximate surface area is 101 Å². The van der Waals surface area contributed by atoms with Crippen LogP contribution in [-0.4, -0.2) is 21.3 Å². The minimum atomic E-state index is -0.408. The molecule has 0 saturated carbocycles. The average molecular weight is 232 g/mol. The van der Waals surface area contributed by atoms with Crippen LogP contribution >= 0.6 is 0 Å². The van der Waals surface area contributed by atoms with E-state index >= 15 is 0 Å². The van der Waals surface area contributed by atoms with E-state index < -0.39 is 6.29 Å². The van der Waals surface area contributed by atoms with Gasteiger partial charge in [0.2, 0.25) is 0 Å². The van der Waals surface area contributed by atoms with Gasteiger partial charge in [0.05, 0.1) is 12.7 Å². The van der Waals surface area contributed by atoms with Gasteiger partial charge in [-0.05, 0) is 11.5 Å². The summed E-state index contributed by atoms with van der Waals surface area (Å²) in [5, 5.41) is 2.20. The third-order valence-corrected chi connectivity index (χ3v) is 2.80. The van der Waals surface area contributed by atoms with Crippen molar-refractivity contribution in [2.75, 3.05) is 21.3 Å². The first-order valence-electron chi connectivity index (χ1n) is 5.43. The Morgan fingerprint density at radius 1 is 0.882 bits per heavy atom. The van der Waals surface area contributed by atoms with Crippen molar-refractivity contribution in [3.05, 3.63) is 42.0 Å². The highest BCUT2D eigenvalue weighted by Gasteiger charge is 2.16. The second-order valence-corrected chi connectivity index (χ2v) is 3.71. The molecule has 3 nitrogen and oxygen atoms in total. The van der Waals surface area contributed by atoms with Crippen LogP contribution in [0.25, 0.3) is 10.8 Å². The highest BCUT2D eigenvalue weighted by Crippen LogP contribution is 2.34. The number of hydrogen-bond acceptors (Lipinski definition) is 3. The zero-order chi connectivity index (χ0) is 12.3. The lowest BCUT2D eigenvalue weighted by molar-refractivity contribution is -0.106. The first-order chi connectivity index (χ1) is 8.31. The number of methoxy groups -OCH3 is 3. The molecule has 0 heterocycles. The number of hydrogen-bond donors (Lipinski definition) is 0. The monoisotopic (exact) mass is 232 g/mol. The molecule has 0 unspecified atom stereocenters. The molecule has 17 heavy (non-hydrogen) atoms. The van der Waals surface area contributed by atoms with E-state index in [9.17, 15) is 0 Å². The fourth-order valence-corrected chi connectivity index (χ4v) is 2.02. The Hall–Kier alpha value is -1.58. The number of ether oxygens (including phenoxy) is 3. The van der Waals surface area contributed by atoms with Crippen LogP contribution in [0.5, 0.6) is 5.75 Å². The fourth-order valence-electron chi connectivity index (χ4n) is 2.02. The third-order valence-electron chi connectivity index (χ3n) is 2.80. The Balaban J connectivity index is 2.64. The summed E-state index contributed by atoms with van der Waals surface area (Å²) in [5.74, 6) is 0.803. The van der Waals surface area contributed by atoms with Gasteiger partial charge < -0.3 is 14.2 Å². The molecule has 2 aromatic rings. The van der Waals surface area contributed by atoms with Crippen LogP contribution in [0.3, 0.4) is 0 Å². The van der Waals surface area contributed by atoms with Gasteiger partial charge in [-0.3, -0.25) is 0 Å². The molecule has 0 radical (unpaired) electrons. The van der Waals surface area contributed by atoms with E-state index in [0.29, 0.717) is 0 Å². The second kappa shape index (κ2) is 5.17. The zero-order valence-electron chi connectivity index (χ0n) is 10.3. The van der Waals surface area contributed by atoms with Gasteiger partial charge in [0.15, 0.2) is 6.29 Å². The van der Waals surface area contributed by atoms with E-state index in [2.05, 4.69) is 6.07 Å². The molecule has 90 valence electrons. The maximum absolute atomic E-state index is 5.48. The minimum absolute atomic E-state index is 0.408. The Morgan fingerprint density at radius 2 is 1.59 bits per heavy atom. The lowest BCUT2D eigenvalue weighted by atomic mass is 10.0. The highest BCUT2D eigenvalue weighted by molar-refractivity contribution is 5.89. The average Bonchev–Trinajstić information content (AvgIpc) is 2.39. The molecule has 2 rings (SSSR count). The highest BCUT2D eigenvalue weighted by atomic mass is 16.7. The third kappa shape index (κ3) is 2.12. The van der Waals surface area contributed by atoms with E-state index in [0.717, 1.165) is 22.1 Å². The summed E-state index contributed by atoms with van der Waals surface area (Å²) < 4.78 is 16.0. The van der Waals surface area contributed by atoms with Crippen LogP contribution in [0, 0.1) is 0 Å². The molecule has 0 atom stereocenters. The number of fused-ring (bicyclic) bond motifs is 1. The van der Waals surface area contributed by atoms with Crippen LogP contribution in [0.15, 0.2) is 36.4 Å². The molecule has 0 aliphatic heterocycles. The van der Waals surface area contributed by atoms with Gasteiger partial charge >= 0.3 is 0 Å². The van der Waals surface area contributed by atoms with E-state index in [1.54, 1.807) is 21.3 Å². The summed E-state index contributed by atoms with van der Waals surface area (Å²) in [4.78, 5) is 0. The summed E-state index contributed by atoms with van der Waals surface area (Å²) in [6, 6.07) is 12.1. The zero-order valence-corrected chi connectivity index (χ0v) is 10.3. The van der Waals surface area contributed by atoms with Crippen LogP contribution < -0.4 is 4.74 Å². The predicted molar refractivity (Wildman–Crippen MR) is 67.3 cm³/mol. The molecular formula is C14H16O3. The van der Waals surface area contributed by atoms with Gasteiger partial charge in [-0.25, -0.2) is 0 Å². The molecule has 3 heteroatoms. The predicted octanol–water partition coefficient (Wildman–Crippen LogP) is 3.14. The number of rotatable bonds is 4. The van der Waals surface area contributed by atoms with Crippen molar-refractivity contribution in [3.8, 4) is 5.75 Å². The van der Waals surface area contributed by atoms with Crippen molar-refractivity contribution < 1.29 is 14.2 Å². The van der Waals surface area contributed by atoms with Crippen molar-refractivity contribution in [2.24, 2.45) is 0 Å². The van der Waals surface area contributed by atoms with Gasteiger partial charge in [0.25, 0.3) is 0 Å². The summed E-state index contributed by atoms with van der Waals surface area (Å²) in [5.41, 5.74) is 0.899. The number of benzene rings is 2. The largest absolute Gasteiger partial charge is 0.496 e. The van der Waals surface area contributed by atoms with Gasteiger partial charge in [-0.1, -0.05) is 30.3 Å². The van der Waals surface area contributed by atoms with E-state index in [1.807, 2.05) is 30.3 Å². The smallest absolute Gasteiger partial charge is 0.186 e. The summed E-state index contributed by atoms with van der Waals surface area (Å²) in [7, 11) is 4.89. The van der Waals surface area contributed by atoms with E-state index in [1.165, 1.54) is 0 Å². The summed E-state index contributed by atoms with van der Waals surface area (Å²) >= 11 is 0. The maximum atomic E-state index is 5.48. The molecule has 0 N–H and O–H groups in total. The Morgan fingerprint density at radius 3 is 2.24 bits per heavy atom. The van der Waals surface area contributed by atoms with Crippen molar-refractivity contribution in [1.82, 2.24) is 0 Å². The van der Waals surface area contributed by atoms with Gasteiger partial charge in [-0.15, -0.1) is 0 Å². The Kier molecular flexibility index (Phi) is 3.61. The SMILES string of the molecule is COc1c(C(OC)OC)ccc2ccccc12. The molecule has 0 aliphatic carbocycles. The first kappa shape index (κ1) is 11.9. The molecule has 0 bridgehead atoms. The minimum Gasteiger partial charge on any atom is -0.496 e. The topological polar surface area (TPSA) is 27.7 Å². The van der Waals surface area contributed by atoms with E-state index in [4.69, 9.17) is 14.2 Å². The second-order valence-electron chi connectivity index (χ2n) is 3.71. The molecule has 0 aromatic heterocycles. The van der Waals surface area contributed by atoms with Gasteiger partial charge in [0.1, 0.15) is 5.75 Å². The Bertz CT molecular complexity index is 504. The molecule has 0 aliphatic rings. The van der Waals surface area contributed by atoms with Crippen LogP contribution in [0.2, 0.25) is 0 Å². The quantitative estimate of drug-likeness (QED) is 0.758. The first-order valence-corrected chi connectivity index (χ1v) is 5.43. The van der Waals surface area contributed by atoms with Crippen molar-refractivity contribution in [2.45, 2.75) is 6.29 Å². The standard InChI is InChI=1S/C14H16O3/c1-15-13-11-7-5-4-6-10(11)8-9-12(13)14(16-2)17-3/h4-9,14H,1-3H3. The maximum Gasteiger partial charge on any atom is 0.186 e. The van der Waals surface area contributed by atoms with Crippen LogP contribution in [-0.2, 0) is 9.47 Å². The normalized spacial score (nSPS) is 11.1. The lowest BCUT2D eigenvalue weighted by Gasteiger charge is -2.18. The van der Waals surface area contributed by atoms with Crippen LogP contribution in [0.4, 0.5) is 0 Å². The molecule has 0 saturated heterocycles. The molecule has 2 aromatic carbocycles. The molecule has 0 fully saturated rings. The fraction of sp³-hybridized carbons (Fsp3) is 0.286. The lowest BCUT2D eigenvalue weighted by Crippen LogP contribution is -2.06. The van der Waals surface area contributed by atoms with Crippen molar-refractivity contribution >= 4 is 10.8 Å². The van der Waals surface area contributed by atoms with Crippen LogP contribution in [0.1, 0.15) is 11.9 Å². The van der Waals surface area contributed by atoms with E-state index in [-0.39, 0.29) is 0 Å². The molecule has 0 spiro atoms. The van der Waals surface area contributed by atoms with Crippen molar-refractivity contribution in [1.29, 1.82) is 0 Å². The summed E-state index contributed by atoms with van der Waals surface area (Å²) in [6.45, 7) is 0. The van der Waals surface area contributed by atoms with Gasteiger partial charge in [0, 0.05) is 19.6 Å². The van der Waals surface area contributed by atoms with Crippen molar-refractivity contribution in [3.63, 3.8) is 0 Å². The summed E-state index contributed by atoms with van der Waals surface area (Å²) in [6.07, 6.45) is -0.408. The molecular weight excluding hydrogens is 216 g/mol. The molecule has 0 amide bonds.